The lowest BCUT2D eigenvalue weighted by Gasteiger charge is -2.16. The van der Waals surface area contributed by atoms with E-state index < -0.39 is 0 Å². The van der Waals surface area contributed by atoms with E-state index in [-0.39, 0.29) is 5.91 Å². The molecule has 1 unspecified atom stereocenters. The van der Waals surface area contributed by atoms with Crippen LogP contribution in [0.25, 0.3) is 0 Å². The quantitative estimate of drug-likeness (QED) is 0.727. The lowest BCUT2D eigenvalue weighted by Crippen LogP contribution is -2.29. The van der Waals surface area contributed by atoms with Crippen molar-refractivity contribution in [3.63, 3.8) is 0 Å². The van der Waals surface area contributed by atoms with E-state index >= 15 is 0 Å². The van der Waals surface area contributed by atoms with E-state index in [0.29, 0.717) is 17.2 Å². The van der Waals surface area contributed by atoms with Crippen molar-refractivity contribution >= 4 is 27.5 Å². The van der Waals surface area contributed by atoms with Gasteiger partial charge in [0.05, 0.1) is 0 Å². The number of carbonyl (C=O) groups excluding carboxylic acids is 1. The summed E-state index contributed by atoms with van der Waals surface area (Å²) in [4.78, 5) is 12.3. The smallest absolute Gasteiger partial charge is 0.251 e. The van der Waals surface area contributed by atoms with Gasteiger partial charge < -0.3 is 11.1 Å². The zero-order valence-electron chi connectivity index (χ0n) is 12.6. The maximum atomic E-state index is 12.3. The van der Waals surface area contributed by atoms with Crippen LogP contribution in [0.3, 0.4) is 0 Å². The summed E-state index contributed by atoms with van der Waals surface area (Å²) in [5.41, 5.74) is 8.03. The topological polar surface area (TPSA) is 55.1 Å². The number of halogens is 1. The van der Waals surface area contributed by atoms with Gasteiger partial charge in [-0.1, -0.05) is 49.0 Å². The molecular weight excluding hydrogens is 316 g/mol. The molecule has 3 N–H and O–H groups in total. The van der Waals surface area contributed by atoms with Crippen LogP contribution in [0.15, 0.2) is 16.6 Å². The van der Waals surface area contributed by atoms with Crippen LogP contribution in [-0.2, 0) is 0 Å². The van der Waals surface area contributed by atoms with E-state index in [9.17, 15) is 4.79 Å². The molecule has 20 heavy (non-hydrogen) atoms. The molecule has 112 valence electrons. The van der Waals surface area contributed by atoms with Gasteiger partial charge in [-0.25, -0.2) is 0 Å². The molecule has 3 nitrogen and oxygen atoms in total. The Morgan fingerprint density at radius 3 is 2.70 bits per heavy atom. The highest BCUT2D eigenvalue weighted by atomic mass is 79.9. The number of hydrogen-bond acceptors (Lipinski definition) is 2. The van der Waals surface area contributed by atoms with Crippen LogP contribution in [0, 0.1) is 12.8 Å². The molecule has 0 heterocycles. The number of nitrogens with one attached hydrogen (secondary N) is 1. The van der Waals surface area contributed by atoms with Crippen molar-refractivity contribution in [2.75, 3.05) is 12.3 Å². The fourth-order valence-electron chi connectivity index (χ4n) is 2.21. The van der Waals surface area contributed by atoms with Crippen molar-refractivity contribution in [1.82, 2.24) is 5.32 Å². The Hall–Kier alpha value is -1.03. The normalized spacial score (nSPS) is 12.2. The van der Waals surface area contributed by atoms with Crippen molar-refractivity contribution in [2.45, 2.75) is 46.5 Å². The monoisotopic (exact) mass is 340 g/mol. The van der Waals surface area contributed by atoms with Crippen molar-refractivity contribution in [2.24, 2.45) is 5.92 Å². The molecule has 1 aromatic rings. The van der Waals surface area contributed by atoms with Crippen LogP contribution in [0.2, 0.25) is 0 Å². The zero-order chi connectivity index (χ0) is 15.1. The minimum absolute atomic E-state index is 0.0366. The first-order chi connectivity index (χ1) is 9.49. The SMILES string of the molecule is CCCCC(CC)CNC(=O)c1cc(Br)cc(N)c1C. The van der Waals surface area contributed by atoms with Gasteiger partial charge in [0.1, 0.15) is 0 Å². The Balaban J connectivity index is 2.67. The van der Waals surface area contributed by atoms with Crippen LogP contribution in [0.5, 0.6) is 0 Å². The van der Waals surface area contributed by atoms with Gasteiger partial charge in [0, 0.05) is 22.3 Å². The summed E-state index contributed by atoms with van der Waals surface area (Å²) in [5, 5.41) is 3.04. The molecule has 0 aliphatic rings. The number of rotatable bonds is 7. The van der Waals surface area contributed by atoms with Gasteiger partial charge in [-0.15, -0.1) is 0 Å². The molecule has 4 heteroatoms. The summed E-state index contributed by atoms with van der Waals surface area (Å²) >= 11 is 3.38. The molecule has 0 fully saturated rings. The van der Waals surface area contributed by atoms with Crippen LogP contribution in [0.4, 0.5) is 5.69 Å². The van der Waals surface area contributed by atoms with Crippen LogP contribution < -0.4 is 11.1 Å². The molecule has 0 aliphatic heterocycles. The van der Waals surface area contributed by atoms with Crippen molar-refractivity contribution in [3.05, 3.63) is 27.7 Å². The molecule has 0 saturated carbocycles. The summed E-state index contributed by atoms with van der Waals surface area (Å²) < 4.78 is 0.837. The van der Waals surface area contributed by atoms with Gasteiger partial charge in [-0.05, 0) is 37.0 Å². The second-order valence-corrected chi connectivity index (χ2v) is 6.21. The minimum atomic E-state index is -0.0366. The predicted molar refractivity (Wildman–Crippen MR) is 88.9 cm³/mol. The molecule has 1 amide bonds. The lowest BCUT2D eigenvalue weighted by molar-refractivity contribution is 0.0945. The Labute approximate surface area is 130 Å². The van der Waals surface area contributed by atoms with Gasteiger partial charge in [0.25, 0.3) is 5.91 Å². The molecule has 1 aromatic carbocycles. The van der Waals surface area contributed by atoms with E-state index in [0.717, 1.165) is 23.0 Å². The summed E-state index contributed by atoms with van der Waals surface area (Å²) in [7, 11) is 0. The first-order valence-corrected chi connectivity index (χ1v) is 8.12. The maximum absolute atomic E-state index is 12.3. The second kappa shape index (κ2) is 8.30. The molecule has 1 rings (SSSR count). The van der Waals surface area contributed by atoms with E-state index in [1.165, 1.54) is 19.3 Å². The van der Waals surface area contributed by atoms with Gasteiger partial charge in [-0.3, -0.25) is 4.79 Å². The summed E-state index contributed by atoms with van der Waals surface area (Å²) in [6, 6.07) is 3.65. The molecule has 1 atom stereocenters. The minimum Gasteiger partial charge on any atom is -0.398 e. The number of unbranched alkanes of at least 4 members (excludes halogenated alkanes) is 1. The number of hydrogen-bond donors (Lipinski definition) is 2. The van der Waals surface area contributed by atoms with Crippen molar-refractivity contribution in [1.29, 1.82) is 0 Å². The Kier molecular flexibility index (Phi) is 7.06. The zero-order valence-corrected chi connectivity index (χ0v) is 14.2. The number of nitrogen functional groups attached to an aromatic ring is 1. The highest BCUT2D eigenvalue weighted by molar-refractivity contribution is 9.10. The molecule has 0 bridgehead atoms. The van der Waals surface area contributed by atoms with Crippen LogP contribution in [0.1, 0.15) is 55.5 Å². The number of carbonyl (C=O) groups is 1. The number of anilines is 1. The van der Waals surface area contributed by atoms with Gasteiger partial charge in [-0.2, -0.15) is 0 Å². The number of benzene rings is 1. The van der Waals surface area contributed by atoms with Crippen LogP contribution >= 0.6 is 15.9 Å². The molecule has 0 aromatic heterocycles. The molecule has 0 radical (unpaired) electrons. The van der Waals surface area contributed by atoms with E-state index in [2.05, 4.69) is 35.1 Å². The number of amides is 1. The Morgan fingerprint density at radius 2 is 2.10 bits per heavy atom. The Morgan fingerprint density at radius 1 is 1.40 bits per heavy atom. The fourth-order valence-corrected chi connectivity index (χ4v) is 2.69. The largest absolute Gasteiger partial charge is 0.398 e. The van der Waals surface area contributed by atoms with E-state index in [1.54, 1.807) is 0 Å². The molecular formula is C16H25BrN2O. The molecule has 0 aliphatic carbocycles. The van der Waals surface area contributed by atoms with Gasteiger partial charge >= 0.3 is 0 Å². The van der Waals surface area contributed by atoms with Crippen molar-refractivity contribution in [3.8, 4) is 0 Å². The van der Waals surface area contributed by atoms with E-state index in [4.69, 9.17) is 5.73 Å². The lowest BCUT2D eigenvalue weighted by atomic mass is 9.99. The Bertz CT molecular complexity index is 460. The molecule has 0 spiro atoms. The first kappa shape index (κ1) is 17.0. The summed E-state index contributed by atoms with van der Waals surface area (Å²) in [6.07, 6.45) is 4.69. The third-order valence-electron chi connectivity index (χ3n) is 3.75. The third-order valence-corrected chi connectivity index (χ3v) is 4.21. The highest BCUT2D eigenvalue weighted by Crippen LogP contribution is 2.22. The summed E-state index contributed by atoms with van der Waals surface area (Å²) in [6.45, 7) is 6.99. The predicted octanol–water partition coefficient (Wildman–Crippen LogP) is 4.29. The fraction of sp³-hybridized carbons (Fsp3) is 0.562. The average Bonchev–Trinajstić information content (AvgIpc) is 2.42. The van der Waals surface area contributed by atoms with Gasteiger partial charge in [0.2, 0.25) is 0 Å². The van der Waals surface area contributed by atoms with E-state index in [1.807, 2.05) is 19.1 Å². The van der Waals surface area contributed by atoms with Crippen LogP contribution in [-0.4, -0.2) is 12.5 Å². The van der Waals surface area contributed by atoms with Crippen molar-refractivity contribution < 1.29 is 4.79 Å². The standard InChI is InChI=1S/C16H25BrN2O/c1-4-6-7-12(5-2)10-19-16(20)14-8-13(17)9-15(18)11(14)3/h8-9,12H,4-7,10,18H2,1-3H3,(H,19,20). The summed E-state index contributed by atoms with van der Waals surface area (Å²) in [5.74, 6) is 0.522. The number of nitrogens with two attached hydrogens (primary N) is 1. The average molecular weight is 341 g/mol. The van der Waals surface area contributed by atoms with Gasteiger partial charge in [0.15, 0.2) is 0 Å². The third kappa shape index (κ3) is 4.82. The maximum Gasteiger partial charge on any atom is 0.251 e. The highest BCUT2D eigenvalue weighted by Gasteiger charge is 2.14. The first-order valence-electron chi connectivity index (χ1n) is 7.33. The molecule has 0 saturated heterocycles. The second-order valence-electron chi connectivity index (χ2n) is 5.29.